The summed E-state index contributed by atoms with van der Waals surface area (Å²) in [5.41, 5.74) is 0. The maximum absolute atomic E-state index is 5.61. The van der Waals surface area contributed by atoms with Gasteiger partial charge in [0, 0.05) is 0 Å². The molecular weight excluding hydrogens is 198 g/mol. The van der Waals surface area contributed by atoms with Gasteiger partial charge in [0.15, 0.2) is 0 Å². The van der Waals surface area contributed by atoms with Gasteiger partial charge < -0.3 is 9.73 Å². The molecule has 2 rings (SSSR count). The molecule has 0 amide bonds. The van der Waals surface area contributed by atoms with Gasteiger partial charge in [-0.1, -0.05) is 12.2 Å². The second-order valence-corrected chi connectivity index (χ2v) is 4.73. The van der Waals surface area contributed by atoms with Crippen molar-refractivity contribution >= 4 is 0 Å². The fourth-order valence-electron chi connectivity index (χ4n) is 2.17. The molecule has 2 atom stereocenters. The van der Waals surface area contributed by atoms with Crippen LogP contribution in [0.2, 0.25) is 0 Å². The third kappa shape index (κ3) is 2.99. The van der Waals surface area contributed by atoms with Crippen LogP contribution in [0.15, 0.2) is 28.7 Å². The fourth-order valence-corrected chi connectivity index (χ4v) is 2.17. The zero-order valence-corrected chi connectivity index (χ0v) is 10.2. The van der Waals surface area contributed by atoms with Gasteiger partial charge in [0.2, 0.25) is 0 Å². The van der Waals surface area contributed by atoms with Gasteiger partial charge in [-0.05, 0) is 57.7 Å². The summed E-state index contributed by atoms with van der Waals surface area (Å²) in [6.07, 6.45) is 8.36. The Kier molecular flexibility index (Phi) is 3.83. The van der Waals surface area contributed by atoms with Crippen molar-refractivity contribution in [3.05, 3.63) is 35.8 Å². The van der Waals surface area contributed by atoms with Crippen LogP contribution in [0.4, 0.5) is 0 Å². The van der Waals surface area contributed by atoms with Crippen LogP contribution in [0.3, 0.4) is 0 Å². The molecule has 2 heteroatoms. The number of rotatable bonds is 4. The van der Waals surface area contributed by atoms with Crippen LogP contribution >= 0.6 is 0 Å². The maximum Gasteiger partial charge on any atom is 0.120 e. The standard InChI is InChI=1S/C14H21NO/c1-11-8-9-14(16-11)12(2)15-10-13-6-4-3-5-7-13/h3-4,8-9,12-13,15H,5-7,10H2,1-2H3. The zero-order chi connectivity index (χ0) is 11.4. The molecule has 2 unspecified atom stereocenters. The Bertz CT molecular complexity index is 353. The quantitative estimate of drug-likeness (QED) is 0.783. The average molecular weight is 219 g/mol. The highest BCUT2D eigenvalue weighted by atomic mass is 16.3. The van der Waals surface area contributed by atoms with E-state index in [1.165, 1.54) is 19.3 Å². The lowest BCUT2D eigenvalue weighted by Crippen LogP contribution is -2.26. The molecule has 1 aliphatic carbocycles. The first-order chi connectivity index (χ1) is 7.75. The highest BCUT2D eigenvalue weighted by Crippen LogP contribution is 2.20. The molecule has 0 spiro atoms. The highest BCUT2D eigenvalue weighted by molar-refractivity contribution is 5.08. The van der Waals surface area contributed by atoms with Gasteiger partial charge >= 0.3 is 0 Å². The minimum Gasteiger partial charge on any atom is -0.465 e. The molecule has 16 heavy (non-hydrogen) atoms. The molecule has 0 aromatic carbocycles. The highest BCUT2D eigenvalue weighted by Gasteiger charge is 2.13. The SMILES string of the molecule is Cc1ccc(C(C)NCC2CC=CCC2)o1. The molecular formula is C14H21NO. The monoisotopic (exact) mass is 219 g/mol. The summed E-state index contributed by atoms with van der Waals surface area (Å²) >= 11 is 0. The molecule has 1 aromatic heterocycles. The number of aryl methyl sites for hydroxylation is 1. The summed E-state index contributed by atoms with van der Waals surface area (Å²) in [6, 6.07) is 4.41. The van der Waals surface area contributed by atoms with Crippen LogP contribution in [-0.2, 0) is 0 Å². The first kappa shape index (κ1) is 11.5. The van der Waals surface area contributed by atoms with Crippen molar-refractivity contribution in [2.75, 3.05) is 6.54 Å². The van der Waals surface area contributed by atoms with E-state index in [-0.39, 0.29) is 0 Å². The van der Waals surface area contributed by atoms with Crippen molar-refractivity contribution in [3.63, 3.8) is 0 Å². The summed E-state index contributed by atoms with van der Waals surface area (Å²) < 4.78 is 5.61. The number of nitrogens with one attached hydrogen (secondary N) is 1. The van der Waals surface area contributed by atoms with E-state index in [9.17, 15) is 0 Å². The zero-order valence-electron chi connectivity index (χ0n) is 10.2. The minimum atomic E-state index is 0.319. The van der Waals surface area contributed by atoms with Crippen LogP contribution in [0.25, 0.3) is 0 Å². The van der Waals surface area contributed by atoms with E-state index in [1.807, 2.05) is 13.0 Å². The van der Waals surface area contributed by atoms with Crippen molar-refractivity contribution in [1.29, 1.82) is 0 Å². The molecule has 0 aliphatic heterocycles. The topological polar surface area (TPSA) is 25.2 Å². The number of furan rings is 1. The van der Waals surface area contributed by atoms with Crippen LogP contribution in [-0.4, -0.2) is 6.54 Å². The average Bonchev–Trinajstić information content (AvgIpc) is 2.74. The fraction of sp³-hybridized carbons (Fsp3) is 0.571. The van der Waals surface area contributed by atoms with Crippen LogP contribution in [0.1, 0.15) is 43.7 Å². The summed E-state index contributed by atoms with van der Waals surface area (Å²) in [5.74, 6) is 2.83. The van der Waals surface area contributed by atoms with Crippen molar-refractivity contribution in [2.24, 2.45) is 5.92 Å². The number of allylic oxidation sites excluding steroid dienone is 2. The second kappa shape index (κ2) is 5.35. The summed E-state index contributed by atoms with van der Waals surface area (Å²) in [4.78, 5) is 0. The molecule has 1 aromatic rings. The Hall–Kier alpha value is -1.02. The molecule has 0 bridgehead atoms. The molecule has 0 saturated heterocycles. The first-order valence-electron chi connectivity index (χ1n) is 6.20. The number of hydrogen-bond donors (Lipinski definition) is 1. The Morgan fingerprint density at radius 1 is 1.44 bits per heavy atom. The largest absolute Gasteiger partial charge is 0.465 e. The Morgan fingerprint density at radius 3 is 2.94 bits per heavy atom. The van der Waals surface area contributed by atoms with Gasteiger partial charge in [0.05, 0.1) is 6.04 Å². The van der Waals surface area contributed by atoms with E-state index in [0.29, 0.717) is 6.04 Å². The molecule has 1 heterocycles. The third-order valence-corrected chi connectivity index (χ3v) is 3.28. The predicted octanol–water partition coefficient (Wildman–Crippen LogP) is 3.59. The third-order valence-electron chi connectivity index (χ3n) is 3.28. The lowest BCUT2D eigenvalue weighted by Gasteiger charge is -2.20. The van der Waals surface area contributed by atoms with Crippen molar-refractivity contribution in [1.82, 2.24) is 5.32 Å². The van der Waals surface area contributed by atoms with Crippen molar-refractivity contribution in [3.8, 4) is 0 Å². The molecule has 1 N–H and O–H groups in total. The molecule has 0 fully saturated rings. The Balaban J connectivity index is 1.79. The molecule has 1 aliphatic rings. The van der Waals surface area contributed by atoms with E-state index >= 15 is 0 Å². The smallest absolute Gasteiger partial charge is 0.120 e. The molecule has 88 valence electrons. The summed E-state index contributed by atoms with van der Waals surface area (Å²) in [6.45, 7) is 5.24. The van der Waals surface area contributed by atoms with E-state index in [4.69, 9.17) is 4.42 Å². The molecule has 2 nitrogen and oxygen atoms in total. The van der Waals surface area contributed by atoms with E-state index in [0.717, 1.165) is 24.0 Å². The molecule has 0 radical (unpaired) electrons. The normalized spacial score (nSPS) is 22.2. The lowest BCUT2D eigenvalue weighted by atomic mass is 9.94. The van der Waals surface area contributed by atoms with E-state index < -0.39 is 0 Å². The Labute approximate surface area is 97.7 Å². The molecule has 0 saturated carbocycles. The summed E-state index contributed by atoms with van der Waals surface area (Å²) in [5, 5.41) is 3.55. The van der Waals surface area contributed by atoms with Gasteiger partial charge in [-0.25, -0.2) is 0 Å². The van der Waals surface area contributed by atoms with Crippen LogP contribution < -0.4 is 5.32 Å². The second-order valence-electron chi connectivity index (χ2n) is 4.73. The van der Waals surface area contributed by atoms with Gasteiger partial charge in [-0.3, -0.25) is 0 Å². The van der Waals surface area contributed by atoms with Crippen molar-refractivity contribution in [2.45, 2.75) is 39.2 Å². The lowest BCUT2D eigenvalue weighted by molar-refractivity contribution is 0.373. The van der Waals surface area contributed by atoms with Gasteiger partial charge in [0.25, 0.3) is 0 Å². The minimum absolute atomic E-state index is 0.319. The van der Waals surface area contributed by atoms with E-state index in [1.54, 1.807) is 0 Å². The van der Waals surface area contributed by atoms with Crippen LogP contribution in [0.5, 0.6) is 0 Å². The van der Waals surface area contributed by atoms with Crippen molar-refractivity contribution < 1.29 is 4.42 Å². The van der Waals surface area contributed by atoms with E-state index in [2.05, 4.69) is 30.5 Å². The maximum atomic E-state index is 5.61. The van der Waals surface area contributed by atoms with Gasteiger partial charge in [-0.2, -0.15) is 0 Å². The van der Waals surface area contributed by atoms with Crippen LogP contribution in [0, 0.1) is 12.8 Å². The number of hydrogen-bond acceptors (Lipinski definition) is 2. The summed E-state index contributed by atoms with van der Waals surface area (Å²) in [7, 11) is 0. The first-order valence-corrected chi connectivity index (χ1v) is 6.20. The van der Waals surface area contributed by atoms with Gasteiger partial charge in [0.1, 0.15) is 11.5 Å². The Morgan fingerprint density at radius 2 is 2.31 bits per heavy atom. The van der Waals surface area contributed by atoms with Gasteiger partial charge in [-0.15, -0.1) is 0 Å². The predicted molar refractivity (Wildman–Crippen MR) is 66.3 cm³/mol.